The Morgan fingerprint density at radius 3 is 1.22 bits per heavy atom. The van der Waals surface area contributed by atoms with E-state index in [0.29, 0.717) is 0 Å². The summed E-state index contributed by atoms with van der Waals surface area (Å²) >= 11 is 0. The molecule has 56 valence electrons. The Balaban J connectivity index is 0.000000640. The van der Waals surface area contributed by atoms with Crippen LogP contribution in [0.5, 0.6) is 0 Å². The van der Waals surface area contributed by atoms with Crippen LogP contribution in [0, 0.1) is 11.8 Å². The Morgan fingerprint density at radius 1 is 0.778 bits per heavy atom. The summed E-state index contributed by atoms with van der Waals surface area (Å²) in [5.74, 6) is 2.04. The predicted octanol–water partition coefficient (Wildman–Crippen LogP) is 2.95. The highest BCUT2D eigenvalue weighted by Gasteiger charge is 2.13. The summed E-state index contributed by atoms with van der Waals surface area (Å²) in [6.07, 6.45) is 5.89. The molecule has 1 saturated carbocycles. The summed E-state index contributed by atoms with van der Waals surface area (Å²) in [7, 11) is 0. The van der Waals surface area contributed by atoms with Crippen molar-refractivity contribution in [1.82, 2.24) is 0 Å². The van der Waals surface area contributed by atoms with Crippen LogP contribution in [-0.2, 0) is 0 Å². The molecule has 1 aliphatic carbocycles. The zero-order valence-corrected chi connectivity index (χ0v) is 7.48. The van der Waals surface area contributed by atoms with E-state index in [4.69, 9.17) is 0 Å². The van der Waals surface area contributed by atoms with E-state index in [0.717, 1.165) is 11.8 Å². The van der Waals surface area contributed by atoms with Crippen molar-refractivity contribution in [2.45, 2.75) is 39.5 Å². The van der Waals surface area contributed by atoms with Gasteiger partial charge >= 0.3 is 0 Å². The topological polar surface area (TPSA) is 0 Å². The van der Waals surface area contributed by atoms with Crippen LogP contribution >= 0.6 is 13.5 Å². The Hall–Kier alpha value is 0.350. The van der Waals surface area contributed by atoms with Crippen molar-refractivity contribution in [1.29, 1.82) is 0 Å². The van der Waals surface area contributed by atoms with Gasteiger partial charge in [-0.1, -0.05) is 39.5 Å². The molecule has 0 saturated heterocycles. The van der Waals surface area contributed by atoms with Gasteiger partial charge in [0.1, 0.15) is 0 Å². The van der Waals surface area contributed by atoms with Crippen molar-refractivity contribution in [2.75, 3.05) is 0 Å². The number of hydrogen-bond donors (Lipinski definition) is 0. The molecule has 1 rings (SSSR count). The van der Waals surface area contributed by atoms with Crippen LogP contribution in [-0.4, -0.2) is 0 Å². The summed E-state index contributed by atoms with van der Waals surface area (Å²) in [4.78, 5) is 0. The van der Waals surface area contributed by atoms with Gasteiger partial charge in [-0.3, -0.25) is 0 Å². The van der Waals surface area contributed by atoms with Crippen molar-refractivity contribution in [2.24, 2.45) is 11.8 Å². The first-order chi connectivity index (χ1) is 3.79. The molecular formula is C8H18S. The lowest BCUT2D eigenvalue weighted by molar-refractivity contribution is 0.308. The van der Waals surface area contributed by atoms with Crippen molar-refractivity contribution < 1.29 is 0 Å². The van der Waals surface area contributed by atoms with Crippen LogP contribution in [0.25, 0.3) is 0 Å². The number of hydrogen-bond acceptors (Lipinski definition) is 0. The second-order valence-electron chi connectivity index (χ2n) is 3.37. The molecule has 0 aromatic rings. The molecule has 9 heavy (non-hydrogen) atoms. The van der Waals surface area contributed by atoms with E-state index in [-0.39, 0.29) is 13.5 Å². The monoisotopic (exact) mass is 146 g/mol. The summed E-state index contributed by atoms with van der Waals surface area (Å²) in [5, 5.41) is 0. The lowest BCUT2D eigenvalue weighted by Gasteiger charge is -2.22. The fraction of sp³-hybridized carbons (Fsp3) is 1.00. The van der Waals surface area contributed by atoms with Crippen LogP contribution in [0.15, 0.2) is 0 Å². The highest BCUT2D eigenvalue weighted by Crippen LogP contribution is 2.27. The van der Waals surface area contributed by atoms with Crippen LogP contribution in [0.2, 0.25) is 0 Å². The highest BCUT2D eigenvalue weighted by molar-refractivity contribution is 7.59. The lowest BCUT2D eigenvalue weighted by Crippen LogP contribution is -2.08. The molecule has 1 aliphatic rings. The summed E-state index contributed by atoms with van der Waals surface area (Å²) in [6, 6.07) is 0. The minimum atomic E-state index is 0. The standard InChI is InChI=1S/C8H16.H2S/c1-7-3-5-8(2)6-4-7;/h7-8H,3-6H2,1-2H3;1H2. The van der Waals surface area contributed by atoms with Gasteiger partial charge < -0.3 is 0 Å². The lowest BCUT2D eigenvalue weighted by atomic mass is 9.84. The fourth-order valence-corrected chi connectivity index (χ4v) is 1.43. The molecule has 0 N–H and O–H groups in total. The Labute approximate surface area is 65.5 Å². The second kappa shape index (κ2) is 4.21. The molecule has 0 aliphatic heterocycles. The zero-order chi connectivity index (χ0) is 5.98. The molecule has 0 heterocycles. The average Bonchev–Trinajstić information content (AvgIpc) is 1.77. The highest BCUT2D eigenvalue weighted by atomic mass is 32.1. The van der Waals surface area contributed by atoms with Gasteiger partial charge in [-0.25, -0.2) is 0 Å². The number of rotatable bonds is 0. The first-order valence-corrected chi connectivity index (χ1v) is 3.79. The first kappa shape index (κ1) is 9.35. The average molecular weight is 146 g/mol. The van der Waals surface area contributed by atoms with E-state index < -0.39 is 0 Å². The zero-order valence-electron chi connectivity index (χ0n) is 6.48. The molecule has 1 heteroatoms. The Morgan fingerprint density at radius 2 is 1.00 bits per heavy atom. The van der Waals surface area contributed by atoms with E-state index in [1.807, 2.05) is 0 Å². The molecular weight excluding hydrogens is 128 g/mol. The van der Waals surface area contributed by atoms with Crippen molar-refractivity contribution >= 4 is 13.5 Å². The van der Waals surface area contributed by atoms with Gasteiger partial charge in [0.15, 0.2) is 0 Å². The molecule has 0 radical (unpaired) electrons. The largest absolute Gasteiger partial charge is 0.197 e. The minimum Gasteiger partial charge on any atom is -0.197 e. The molecule has 0 aromatic heterocycles. The smallest absolute Gasteiger partial charge is 0.0443 e. The molecule has 1 fully saturated rings. The Bertz CT molecular complexity index is 53.0. The molecule has 0 nitrogen and oxygen atoms in total. The van der Waals surface area contributed by atoms with E-state index in [1.165, 1.54) is 25.7 Å². The van der Waals surface area contributed by atoms with E-state index in [1.54, 1.807) is 0 Å². The summed E-state index contributed by atoms with van der Waals surface area (Å²) in [6.45, 7) is 4.73. The predicted molar refractivity (Wildman–Crippen MR) is 47.2 cm³/mol. The van der Waals surface area contributed by atoms with Crippen LogP contribution in [0.4, 0.5) is 0 Å². The van der Waals surface area contributed by atoms with Gasteiger partial charge in [0.25, 0.3) is 0 Å². The van der Waals surface area contributed by atoms with Gasteiger partial charge in [-0.2, -0.15) is 13.5 Å². The van der Waals surface area contributed by atoms with Gasteiger partial charge in [-0.15, -0.1) is 0 Å². The van der Waals surface area contributed by atoms with Crippen LogP contribution < -0.4 is 0 Å². The first-order valence-electron chi connectivity index (χ1n) is 3.79. The molecule has 0 amide bonds. The Kier molecular flexibility index (Phi) is 4.37. The third kappa shape index (κ3) is 3.14. The maximum absolute atomic E-state index is 2.37. The molecule has 0 atom stereocenters. The van der Waals surface area contributed by atoms with Crippen LogP contribution in [0.1, 0.15) is 39.5 Å². The maximum atomic E-state index is 2.37. The third-order valence-electron chi connectivity index (χ3n) is 2.30. The minimum absolute atomic E-state index is 0. The fourth-order valence-electron chi connectivity index (χ4n) is 1.43. The van der Waals surface area contributed by atoms with E-state index in [9.17, 15) is 0 Å². The quantitative estimate of drug-likeness (QED) is 0.493. The summed E-state index contributed by atoms with van der Waals surface area (Å²) < 4.78 is 0. The van der Waals surface area contributed by atoms with Gasteiger partial charge in [0, 0.05) is 0 Å². The normalized spacial score (nSPS) is 35.3. The van der Waals surface area contributed by atoms with Crippen molar-refractivity contribution in [3.63, 3.8) is 0 Å². The van der Waals surface area contributed by atoms with Crippen molar-refractivity contribution in [3.8, 4) is 0 Å². The summed E-state index contributed by atoms with van der Waals surface area (Å²) in [5.41, 5.74) is 0. The molecule has 0 aromatic carbocycles. The van der Waals surface area contributed by atoms with Crippen LogP contribution in [0.3, 0.4) is 0 Å². The third-order valence-corrected chi connectivity index (χ3v) is 2.30. The molecule has 0 spiro atoms. The van der Waals surface area contributed by atoms with E-state index in [2.05, 4.69) is 13.8 Å². The van der Waals surface area contributed by atoms with Gasteiger partial charge in [-0.05, 0) is 11.8 Å². The maximum Gasteiger partial charge on any atom is -0.0443 e. The van der Waals surface area contributed by atoms with Gasteiger partial charge in [0.2, 0.25) is 0 Å². The van der Waals surface area contributed by atoms with Gasteiger partial charge in [0.05, 0.1) is 0 Å². The SMILES string of the molecule is CC1CCC(C)CC1.S. The van der Waals surface area contributed by atoms with E-state index >= 15 is 0 Å². The van der Waals surface area contributed by atoms with Crippen molar-refractivity contribution in [3.05, 3.63) is 0 Å². The second-order valence-corrected chi connectivity index (χ2v) is 3.37. The molecule has 0 unspecified atom stereocenters. The molecule has 0 bridgehead atoms.